The highest BCUT2D eigenvalue weighted by molar-refractivity contribution is 6.07. The molecule has 29 heavy (non-hydrogen) atoms. The van der Waals surface area contributed by atoms with Crippen LogP contribution in [0.3, 0.4) is 0 Å². The molecule has 156 valence electrons. The minimum atomic E-state index is -4.80. The highest BCUT2D eigenvalue weighted by Gasteiger charge is 2.37. The molecular weight excluding hydrogens is 395 g/mol. The van der Waals surface area contributed by atoms with Crippen molar-refractivity contribution in [2.45, 2.75) is 38.3 Å². The number of nitrogens with one attached hydrogen (secondary N) is 1. The molecular formula is C19H19F5N4O. The van der Waals surface area contributed by atoms with Crippen LogP contribution in [0.1, 0.15) is 40.9 Å². The van der Waals surface area contributed by atoms with Gasteiger partial charge in [-0.3, -0.25) is 4.79 Å². The number of alkyl halides is 5. The van der Waals surface area contributed by atoms with Crippen LogP contribution in [-0.2, 0) is 6.18 Å². The summed E-state index contributed by atoms with van der Waals surface area (Å²) in [6.07, 6.45) is -5.48. The monoisotopic (exact) mass is 414 g/mol. The van der Waals surface area contributed by atoms with E-state index < -0.39 is 30.1 Å². The Balaban J connectivity index is 1.96. The highest BCUT2D eigenvalue weighted by atomic mass is 19.4. The first-order valence-electron chi connectivity index (χ1n) is 9.01. The van der Waals surface area contributed by atoms with Crippen molar-refractivity contribution in [2.24, 2.45) is 0 Å². The number of nitrogens with zero attached hydrogens (tertiary/aromatic N) is 3. The quantitative estimate of drug-likeness (QED) is 0.741. The van der Waals surface area contributed by atoms with Crippen LogP contribution in [0.2, 0.25) is 0 Å². The number of aryl methyl sites for hydroxylation is 1. The van der Waals surface area contributed by atoms with E-state index in [1.165, 1.54) is 4.90 Å². The van der Waals surface area contributed by atoms with Crippen molar-refractivity contribution in [3.05, 3.63) is 47.2 Å². The van der Waals surface area contributed by atoms with Crippen LogP contribution in [0, 0.1) is 6.92 Å². The fourth-order valence-corrected chi connectivity index (χ4v) is 3.12. The number of benzene rings is 1. The third-order valence-electron chi connectivity index (χ3n) is 4.60. The molecule has 1 amide bonds. The molecule has 5 nitrogen and oxygen atoms in total. The Kier molecular flexibility index (Phi) is 5.72. The van der Waals surface area contributed by atoms with Gasteiger partial charge < -0.3 is 10.2 Å². The number of aromatic nitrogens is 2. The predicted octanol–water partition coefficient (Wildman–Crippen LogP) is 4.68. The number of amides is 1. The Bertz CT molecular complexity index is 900. The maximum atomic E-state index is 13.7. The zero-order valence-electron chi connectivity index (χ0n) is 15.6. The van der Waals surface area contributed by atoms with E-state index in [1.807, 2.05) is 0 Å². The molecule has 10 heteroatoms. The first-order valence-corrected chi connectivity index (χ1v) is 9.01. The lowest BCUT2D eigenvalue weighted by molar-refractivity contribution is -0.141. The van der Waals surface area contributed by atoms with Crippen LogP contribution in [0.25, 0.3) is 0 Å². The molecule has 3 rings (SSSR count). The van der Waals surface area contributed by atoms with Crippen LogP contribution < -0.4 is 10.2 Å². The molecule has 1 aromatic carbocycles. The SMILES string of the molecule is Cc1cccc(NC(=O)c2cc(C(F)(F)F)nnc2N2CCCC(F)(F)CC2)c1. The van der Waals surface area contributed by atoms with Gasteiger partial charge in [-0.25, -0.2) is 8.78 Å². The molecule has 1 aromatic heterocycles. The molecule has 0 radical (unpaired) electrons. The van der Waals surface area contributed by atoms with Crippen molar-refractivity contribution in [3.8, 4) is 0 Å². The van der Waals surface area contributed by atoms with Crippen molar-refractivity contribution in [1.29, 1.82) is 0 Å². The molecule has 0 atom stereocenters. The van der Waals surface area contributed by atoms with Crippen LogP contribution in [0.5, 0.6) is 0 Å². The summed E-state index contributed by atoms with van der Waals surface area (Å²) in [4.78, 5) is 14.1. The molecule has 0 unspecified atom stereocenters. The first-order chi connectivity index (χ1) is 13.5. The second-order valence-electron chi connectivity index (χ2n) is 6.98. The van der Waals surface area contributed by atoms with Crippen LogP contribution >= 0.6 is 0 Å². The fraction of sp³-hybridized carbons (Fsp3) is 0.421. The minimum absolute atomic E-state index is 0.120. The molecule has 1 aliphatic heterocycles. The van der Waals surface area contributed by atoms with Gasteiger partial charge in [0.15, 0.2) is 11.5 Å². The largest absolute Gasteiger partial charge is 0.435 e. The van der Waals surface area contributed by atoms with E-state index in [0.29, 0.717) is 11.8 Å². The van der Waals surface area contributed by atoms with Gasteiger partial charge in [-0.1, -0.05) is 12.1 Å². The third kappa shape index (κ3) is 5.18. The standard InChI is InChI=1S/C19H19F5N4O/c1-12-4-2-5-13(10-12)25-17(29)14-11-15(19(22,23)24)26-27-16(14)28-8-3-6-18(20,21)7-9-28/h2,4-5,10-11H,3,6-9H2,1H3,(H,25,29). The number of hydrogen-bond donors (Lipinski definition) is 1. The lowest BCUT2D eigenvalue weighted by atomic mass is 10.1. The molecule has 0 saturated carbocycles. The normalized spacial score (nSPS) is 17.0. The van der Waals surface area contributed by atoms with Gasteiger partial charge in [-0.15, -0.1) is 10.2 Å². The van der Waals surface area contributed by atoms with E-state index >= 15 is 0 Å². The van der Waals surface area contributed by atoms with Gasteiger partial charge in [0.25, 0.3) is 5.91 Å². The molecule has 2 heterocycles. The average molecular weight is 414 g/mol. The summed E-state index contributed by atoms with van der Waals surface area (Å²) in [6, 6.07) is 7.35. The molecule has 0 spiro atoms. The summed E-state index contributed by atoms with van der Waals surface area (Å²) in [7, 11) is 0. The lowest BCUT2D eigenvalue weighted by Crippen LogP contribution is -2.30. The van der Waals surface area contributed by atoms with Crippen molar-refractivity contribution in [1.82, 2.24) is 10.2 Å². The molecule has 2 aromatic rings. The third-order valence-corrected chi connectivity index (χ3v) is 4.60. The maximum absolute atomic E-state index is 13.7. The van der Waals surface area contributed by atoms with Gasteiger partial charge in [0.1, 0.15) is 0 Å². The number of anilines is 2. The summed E-state index contributed by atoms with van der Waals surface area (Å²) in [5, 5.41) is 9.30. The maximum Gasteiger partial charge on any atom is 0.435 e. The molecule has 1 N–H and O–H groups in total. The average Bonchev–Trinajstić information content (AvgIpc) is 2.81. The Labute approximate surface area is 163 Å². The fourth-order valence-electron chi connectivity index (χ4n) is 3.12. The Hall–Kier alpha value is -2.78. The molecule has 1 fully saturated rings. The molecule has 1 aliphatic rings. The van der Waals surface area contributed by atoms with Gasteiger partial charge >= 0.3 is 6.18 Å². The van der Waals surface area contributed by atoms with Gasteiger partial charge in [0.05, 0.1) is 5.56 Å². The van der Waals surface area contributed by atoms with Crippen molar-refractivity contribution < 1.29 is 26.7 Å². The zero-order chi connectivity index (χ0) is 21.2. The van der Waals surface area contributed by atoms with E-state index in [-0.39, 0.29) is 37.3 Å². The Morgan fingerprint density at radius 1 is 1.14 bits per heavy atom. The summed E-state index contributed by atoms with van der Waals surface area (Å²) in [5.41, 5.74) is -0.440. The summed E-state index contributed by atoms with van der Waals surface area (Å²) >= 11 is 0. The Morgan fingerprint density at radius 3 is 2.59 bits per heavy atom. The van der Waals surface area contributed by atoms with E-state index in [4.69, 9.17) is 0 Å². The van der Waals surface area contributed by atoms with Crippen LogP contribution in [0.4, 0.5) is 33.5 Å². The second-order valence-corrected chi connectivity index (χ2v) is 6.98. The lowest BCUT2D eigenvalue weighted by Gasteiger charge is -2.24. The van der Waals surface area contributed by atoms with Gasteiger partial charge in [-0.2, -0.15) is 13.2 Å². The van der Waals surface area contributed by atoms with Crippen LogP contribution in [0.15, 0.2) is 30.3 Å². The molecule has 0 bridgehead atoms. The van der Waals surface area contributed by atoms with E-state index in [1.54, 1.807) is 31.2 Å². The smallest absolute Gasteiger partial charge is 0.354 e. The number of rotatable bonds is 3. The first kappa shape index (κ1) is 20.9. The minimum Gasteiger partial charge on any atom is -0.354 e. The van der Waals surface area contributed by atoms with E-state index in [9.17, 15) is 26.7 Å². The van der Waals surface area contributed by atoms with Crippen molar-refractivity contribution in [2.75, 3.05) is 23.3 Å². The van der Waals surface area contributed by atoms with E-state index in [0.717, 1.165) is 5.56 Å². The number of carbonyl (C=O) groups is 1. The predicted molar refractivity (Wildman–Crippen MR) is 97.2 cm³/mol. The van der Waals surface area contributed by atoms with Crippen molar-refractivity contribution >= 4 is 17.4 Å². The second kappa shape index (κ2) is 7.92. The molecule has 1 saturated heterocycles. The number of hydrogen-bond acceptors (Lipinski definition) is 4. The van der Waals surface area contributed by atoms with Gasteiger partial charge in [-0.05, 0) is 37.1 Å². The van der Waals surface area contributed by atoms with Crippen LogP contribution in [-0.4, -0.2) is 35.1 Å². The Morgan fingerprint density at radius 2 is 1.90 bits per heavy atom. The highest BCUT2D eigenvalue weighted by Crippen LogP contribution is 2.33. The molecule has 0 aliphatic carbocycles. The number of carbonyl (C=O) groups excluding carboxylic acids is 1. The van der Waals surface area contributed by atoms with E-state index in [2.05, 4.69) is 15.5 Å². The van der Waals surface area contributed by atoms with Crippen molar-refractivity contribution in [3.63, 3.8) is 0 Å². The zero-order valence-corrected chi connectivity index (χ0v) is 15.6. The van der Waals surface area contributed by atoms with Gasteiger partial charge in [0, 0.05) is 31.6 Å². The number of halogens is 5. The summed E-state index contributed by atoms with van der Waals surface area (Å²) in [6.45, 7) is 1.80. The summed E-state index contributed by atoms with van der Waals surface area (Å²) < 4.78 is 66.6. The summed E-state index contributed by atoms with van der Waals surface area (Å²) in [5.74, 6) is -3.82. The van der Waals surface area contributed by atoms with Gasteiger partial charge in [0.2, 0.25) is 5.92 Å². The topological polar surface area (TPSA) is 58.1 Å².